The average molecular weight is 595 g/mol. The lowest BCUT2D eigenvalue weighted by atomic mass is 9.98. The fourth-order valence-electron chi connectivity index (χ4n) is 5.82. The van der Waals surface area contributed by atoms with Gasteiger partial charge in [-0.2, -0.15) is 0 Å². The van der Waals surface area contributed by atoms with Crippen LogP contribution in [-0.2, 0) is 26.1 Å². The number of phenols is 1. The summed E-state index contributed by atoms with van der Waals surface area (Å²) in [6.45, 7) is 5.57. The molecular weight excluding hydrogens is 556 g/mol. The Kier molecular flexibility index (Phi) is 8.43. The summed E-state index contributed by atoms with van der Waals surface area (Å²) < 4.78 is 39.5. The molecule has 1 amide bonds. The number of hydrogen-bond acceptors (Lipinski definition) is 8. The molecule has 1 aromatic heterocycles. The van der Waals surface area contributed by atoms with Crippen LogP contribution in [0.4, 0.5) is 5.82 Å². The molecule has 1 N–H and O–H groups in total. The molecule has 3 aromatic rings. The second-order valence-corrected chi connectivity index (χ2v) is 12.9. The van der Waals surface area contributed by atoms with Gasteiger partial charge in [0.1, 0.15) is 29.6 Å². The molecule has 224 valence electrons. The van der Waals surface area contributed by atoms with Gasteiger partial charge in [-0.25, -0.2) is 12.7 Å². The second kappa shape index (κ2) is 11.9. The van der Waals surface area contributed by atoms with Crippen LogP contribution in [0.15, 0.2) is 56.9 Å². The number of carbonyl (C=O) groups is 1. The molecule has 5 rings (SSSR count). The normalized spacial score (nSPS) is 16.4. The van der Waals surface area contributed by atoms with Gasteiger partial charge in [0.05, 0.1) is 11.4 Å². The molecule has 0 atom stereocenters. The minimum absolute atomic E-state index is 0.0166. The smallest absolute Gasteiger partial charge is 0.268 e. The van der Waals surface area contributed by atoms with Crippen molar-refractivity contribution in [3.8, 4) is 16.9 Å². The molecule has 0 radical (unpaired) electrons. The Hall–Kier alpha value is -3.70. The Labute approximate surface area is 247 Å². The van der Waals surface area contributed by atoms with E-state index in [0.29, 0.717) is 29.0 Å². The Balaban J connectivity index is 1.47. The molecule has 1 fully saturated rings. The minimum atomic E-state index is -4.18. The molecule has 2 aromatic carbocycles. The Morgan fingerprint density at radius 1 is 1.12 bits per heavy atom. The predicted octanol–water partition coefficient (Wildman–Crippen LogP) is 5.71. The van der Waals surface area contributed by atoms with Crippen LogP contribution in [0.1, 0.15) is 68.8 Å². The third kappa shape index (κ3) is 5.31. The summed E-state index contributed by atoms with van der Waals surface area (Å²) in [5, 5.41) is 15.2. The number of hydrogen-bond donors (Lipinski definition) is 1. The van der Waals surface area contributed by atoms with Crippen molar-refractivity contribution in [1.29, 1.82) is 0 Å². The van der Waals surface area contributed by atoms with Gasteiger partial charge in [0, 0.05) is 30.2 Å². The zero-order chi connectivity index (χ0) is 30.1. The topological polar surface area (TPSA) is 126 Å². The first-order valence-electron chi connectivity index (χ1n) is 14.4. The summed E-state index contributed by atoms with van der Waals surface area (Å²) >= 11 is 0. The van der Waals surface area contributed by atoms with E-state index in [2.05, 4.69) is 12.1 Å². The number of nitrogens with zero attached hydrogens (tertiary/aromatic N) is 4. The summed E-state index contributed by atoms with van der Waals surface area (Å²) in [5.74, 6) is 1.42. The molecule has 1 spiro atoms. The molecule has 11 heteroatoms. The molecule has 1 saturated carbocycles. The van der Waals surface area contributed by atoms with E-state index in [1.165, 1.54) is 13.2 Å². The quantitative estimate of drug-likeness (QED) is 0.282. The number of amidine groups is 1. The third-order valence-electron chi connectivity index (χ3n) is 8.25. The van der Waals surface area contributed by atoms with Crippen molar-refractivity contribution in [3.05, 3.63) is 59.4 Å². The molecule has 1 aliphatic carbocycles. The summed E-state index contributed by atoms with van der Waals surface area (Å²) in [6, 6.07) is 11.6. The molecular formula is C31H38N4O6S. The lowest BCUT2D eigenvalue weighted by Gasteiger charge is -2.24. The number of phenolic OH excluding ortho intramolecular Hbond substituents is 1. The molecule has 2 heterocycles. The first kappa shape index (κ1) is 29.8. The number of amides is 1. The van der Waals surface area contributed by atoms with Gasteiger partial charge < -0.3 is 14.4 Å². The summed E-state index contributed by atoms with van der Waals surface area (Å²) in [7, 11) is -2.78. The average Bonchev–Trinajstić information content (AvgIpc) is 3.65. The number of benzene rings is 2. The molecule has 1 aliphatic heterocycles. The number of anilines is 1. The van der Waals surface area contributed by atoms with Gasteiger partial charge in [-0.05, 0) is 50.8 Å². The van der Waals surface area contributed by atoms with E-state index in [1.54, 1.807) is 49.1 Å². The van der Waals surface area contributed by atoms with Gasteiger partial charge in [-0.15, -0.1) is 0 Å². The highest BCUT2D eigenvalue weighted by molar-refractivity contribution is 7.93. The first-order chi connectivity index (χ1) is 20.1. The maximum Gasteiger partial charge on any atom is 0.268 e. The van der Waals surface area contributed by atoms with Crippen molar-refractivity contribution in [1.82, 2.24) is 10.1 Å². The lowest BCUT2D eigenvalue weighted by molar-refractivity contribution is -0.131. The number of rotatable bonds is 11. The molecule has 10 nitrogen and oxygen atoms in total. The standard InChI is InChI=1S/C31H38N4O6S/c1-5-6-13-28-32-31(16-9-10-17-31)30(37)34(28)19-23-14-15-24(26(36)18-23)25-11-7-8-12-27(25)42(38,39)35(20-40-4)29-21(2)22(3)41-33-29/h7-8,11-12,14-15,18,36H,5-6,9-10,13,16-17,19-20H2,1-4H3. The van der Waals surface area contributed by atoms with E-state index in [4.69, 9.17) is 14.3 Å². The van der Waals surface area contributed by atoms with Gasteiger partial charge in [0.2, 0.25) is 0 Å². The van der Waals surface area contributed by atoms with Crippen LogP contribution in [0.5, 0.6) is 5.75 Å². The number of aromatic nitrogens is 1. The molecule has 2 aliphatic rings. The van der Waals surface area contributed by atoms with Gasteiger partial charge >= 0.3 is 0 Å². The van der Waals surface area contributed by atoms with Crippen molar-refractivity contribution in [2.45, 2.75) is 82.7 Å². The summed E-state index contributed by atoms with van der Waals surface area (Å²) in [4.78, 5) is 20.3. The van der Waals surface area contributed by atoms with Gasteiger partial charge in [-0.1, -0.05) is 61.7 Å². The number of aromatic hydroxyl groups is 1. The number of sulfonamides is 1. The number of ether oxygens (including phenoxy) is 1. The number of carbonyl (C=O) groups excluding carboxylic acids is 1. The molecule has 0 unspecified atom stereocenters. The Morgan fingerprint density at radius 2 is 1.86 bits per heavy atom. The van der Waals surface area contributed by atoms with E-state index in [-0.39, 0.29) is 29.1 Å². The zero-order valence-corrected chi connectivity index (χ0v) is 25.4. The highest BCUT2D eigenvalue weighted by Gasteiger charge is 2.49. The van der Waals surface area contributed by atoms with Crippen molar-refractivity contribution in [2.75, 3.05) is 18.1 Å². The third-order valence-corrected chi connectivity index (χ3v) is 10.0. The van der Waals surface area contributed by atoms with E-state index >= 15 is 0 Å². The predicted molar refractivity (Wildman–Crippen MR) is 160 cm³/mol. The Bertz CT molecular complexity index is 1610. The summed E-state index contributed by atoms with van der Waals surface area (Å²) in [5.41, 5.74) is 1.36. The lowest BCUT2D eigenvalue weighted by Crippen LogP contribution is -2.40. The molecule has 0 bridgehead atoms. The largest absolute Gasteiger partial charge is 0.507 e. The molecule has 0 saturated heterocycles. The fraction of sp³-hybridized carbons (Fsp3) is 0.452. The van der Waals surface area contributed by atoms with Crippen LogP contribution in [-0.4, -0.2) is 54.7 Å². The minimum Gasteiger partial charge on any atom is -0.507 e. The van der Waals surface area contributed by atoms with Crippen LogP contribution in [0.2, 0.25) is 0 Å². The van der Waals surface area contributed by atoms with Gasteiger partial charge in [0.25, 0.3) is 15.9 Å². The molecule has 42 heavy (non-hydrogen) atoms. The first-order valence-corrected chi connectivity index (χ1v) is 15.8. The van der Waals surface area contributed by atoms with Crippen molar-refractivity contribution >= 4 is 27.6 Å². The highest BCUT2D eigenvalue weighted by atomic mass is 32.2. The maximum absolute atomic E-state index is 14.0. The van der Waals surface area contributed by atoms with Gasteiger partial charge in [0.15, 0.2) is 5.82 Å². The number of methoxy groups -OCH3 is 1. The van der Waals surface area contributed by atoms with E-state index in [0.717, 1.165) is 60.7 Å². The van der Waals surface area contributed by atoms with Crippen molar-refractivity contribution < 1.29 is 27.6 Å². The van der Waals surface area contributed by atoms with E-state index < -0.39 is 15.6 Å². The monoisotopic (exact) mass is 594 g/mol. The second-order valence-electron chi connectivity index (χ2n) is 11.1. The van der Waals surface area contributed by atoms with Crippen molar-refractivity contribution in [2.24, 2.45) is 4.99 Å². The van der Waals surface area contributed by atoms with Gasteiger partial charge in [-0.3, -0.25) is 14.7 Å². The van der Waals surface area contributed by atoms with Crippen LogP contribution < -0.4 is 4.31 Å². The highest BCUT2D eigenvalue weighted by Crippen LogP contribution is 2.41. The SMILES string of the molecule is CCCCC1=NC2(CCCC2)C(=O)N1Cc1ccc(-c2ccccc2S(=O)(=O)N(COC)c2noc(C)c2C)c(O)c1. The Morgan fingerprint density at radius 3 is 2.50 bits per heavy atom. The van der Waals surface area contributed by atoms with E-state index in [9.17, 15) is 18.3 Å². The van der Waals surface area contributed by atoms with E-state index in [1.807, 2.05) is 6.07 Å². The zero-order valence-electron chi connectivity index (χ0n) is 24.6. The van der Waals surface area contributed by atoms with Crippen molar-refractivity contribution in [3.63, 3.8) is 0 Å². The van der Waals surface area contributed by atoms with Crippen LogP contribution in [0.25, 0.3) is 11.1 Å². The number of aliphatic imine (C=N–C) groups is 1. The summed E-state index contributed by atoms with van der Waals surface area (Å²) in [6.07, 6.45) is 6.24. The fourth-order valence-corrected chi connectivity index (χ4v) is 7.40. The van der Waals surface area contributed by atoms with Crippen LogP contribution in [0.3, 0.4) is 0 Å². The number of unbranched alkanes of at least 4 members (excludes halogenated alkanes) is 1. The van der Waals surface area contributed by atoms with Crippen LogP contribution >= 0.6 is 0 Å². The van der Waals surface area contributed by atoms with Crippen LogP contribution in [0, 0.1) is 13.8 Å². The maximum atomic E-state index is 14.0. The number of aryl methyl sites for hydroxylation is 1.